The summed E-state index contributed by atoms with van der Waals surface area (Å²) in [7, 11) is 0. The number of aliphatic hydroxyl groups excluding tert-OH is 2. The van der Waals surface area contributed by atoms with Crippen molar-refractivity contribution in [3.63, 3.8) is 0 Å². The van der Waals surface area contributed by atoms with Gasteiger partial charge in [0, 0.05) is 6.42 Å². The van der Waals surface area contributed by atoms with Gasteiger partial charge in [-0.2, -0.15) is 0 Å². The molecule has 1 saturated heterocycles. The number of ether oxygens (including phenoxy) is 1. The zero-order valence-electron chi connectivity index (χ0n) is 8.45. The van der Waals surface area contributed by atoms with Gasteiger partial charge in [-0.25, -0.2) is 0 Å². The van der Waals surface area contributed by atoms with Crippen LogP contribution in [0.15, 0.2) is 11.6 Å². The minimum Gasteiger partial charge on any atom is -0.392 e. The van der Waals surface area contributed by atoms with Crippen molar-refractivity contribution in [1.82, 2.24) is 0 Å². The van der Waals surface area contributed by atoms with Crippen LogP contribution >= 0.6 is 0 Å². The maximum Gasteiger partial charge on any atom is 0.0893 e. The molecular formula is C10H18O3. The summed E-state index contributed by atoms with van der Waals surface area (Å²) in [4.78, 5) is 0. The van der Waals surface area contributed by atoms with E-state index in [4.69, 9.17) is 9.84 Å². The zero-order chi connectivity index (χ0) is 10.1. The lowest BCUT2D eigenvalue weighted by molar-refractivity contribution is -0.0472. The van der Waals surface area contributed by atoms with Crippen molar-refractivity contribution >= 4 is 0 Å². The lowest BCUT2D eigenvalue weighted by Gasteiger charge is -2.22. The smallest absolute Gasteiger partial charge is 0.0893 e. The van der Waals surface area contributed by atoms with E-state index in [2.05, 4.69) is 0 Å². The highest BCUT2D eigenvalue weighted by molar-refractivity contribution is 5.10. The first kappa shape index (κ1) is 10.7. The van der Waals surface area contributed by atoms with Gasteiger partial charge in [0.1, 0.15) is 0 Å². The number of aliphatic hydroxyl groups is 2. The molecule has 0 radical (unpaired) electrons. The third kappa shape index (κ3) is 2.30. The Labute approximate surface area is 79.0 Å². The molecule has 1 fully saturated rings. The summed E-state index contributed by atoms with van der Waals surface area (Å²) in [6, 6.07) is 0. The molecule has 3 heteroatoms. The summed E-state index contributed by atoms with van der Waals surface area (Å²) in [5.74, 6) is 0. The molecule has 13 heavy (non-hydrogen) atoms. The molecule has 1 rings (SSSR count). The van der Waals surface area contributed by atoms with Gasteiger partial charge >= 0.3 is 0 Å². The molecule has 0 aromatic carbocycles. The van der Waals surface area contributed by atoms with Gasteiger partial charge in [0.25, 0.3) is 0 Å². The van der Waals surface area contributed by atoms with Crippen molar-refractivity contribution in [3.8, 4) is 0 Å². The third-order valence-corrected chi connectivity index (χ3v) is 2.61. The van der Waals surface area contributed by atoms with E-state index in [0.717, 1.165) is 5.57 Å². The van der Waals surface area contributed by atoms with Gasteiger partial charge in [0.2, 0.25) is 0 Å². The van der Waals surface area contributed by atoms with E-state index < -0.39 is 11.7 Å². The summed E-state index contributed by atoms with van der Waals surface area (Å²) < 4.78 is 5.65. The third-order valence-electron chi connectivity index (χ3n) is 2.61. The largest absolute Gasteiger partial charge is 0.392 e. The first-order valence-corrected chi connectivity index (χ1v) is 4.61. The molecule has 0 aliphatic carbocycles. The fourth-order valence-electron chi connectivity index (χ4n) is 1.53. The lowest BCUT2D eigenvalue weighted by atomic mass is 9.99. The van der Waals surface area contributed by atoms with Gasteiger partial charge in [-0.15, -0.1) is 0 Å². The molecule has 1 aliphatic rings. The zero-order valence-corrected chi connectivity index (χ0v) is 8.45. The van der Waals surface area contributed by atoms with Gasteiger partial charge in [0.15, 0.2) is 0 Å². The second-order valence-corrected chi connectivity index (χ2v) is 4.09. The van der Waals surface area contributed by atoms with Crippen molar-refractivity contribution in [1.29, 1.82) is 0 Å². The van der Waals surface area contributed by atoms with Crippen molar-refractivity contribution in [2.75, 3.05) is 6.61 Å². The first-order chi connectivity index (χ1) is 5.97. The molecule has 1 unspecified atom stereocenters. The van der Waals surface area contributed by atoms with Crippen LogP contribution in [0.5, 0.6) is 0 Å². The molecule has 0 saturated carbocycles. The average molecular weight is 186 g/mol. The monoisotopic (exact) mass is 186 g/mol. The fourth-order valence-corrected chi connectivity index (χ4v) is 1.53. The minimum absolute atomic E-state index is 0.0300. The van der Waals surface area contributed by atoms with Gasteiger partial charge in [-0.3, -0.25) is 0 Å². The highest BCUT2D eigenvalue weighted by Crippen LogP contribution is 2.33. The predicted molar refractivity (Wildman–Crippen MR) is 50.4 cm³/mol. The standard InChI is InChI=1S/C10H18O3/c1-7(4-5-11)8-6-9(12)10(2,3)13-8/h4,8-9,11-12H,5-6H2,1-3H3/b7-4+/t8?,9-/m1/s1. The van der Waals surface area contributed by atoms with Crippen LogP contribution in [-0.4, -0.2) is 34.6 Å². The van der Waals surface area contributed by atoms with E-state index in [1.165, 1.54) is 0 Å². The highest BCUT2D eigenvalue weighted by atomic mass is 16.5. The van der Waals surface area contributed by atoms with E-state index in [9.17, 15) is 5.11 Å². The minimum atomic E-state index is -0.463. The van der Waals surface area contributed by atoms with Crippen LogP contribution in [0.2, 0.25) is 0 Å². The number of hydrogen-bond acceptors (Lipinski definition) is 3. The normalized spacial score (nSPS) is 33.8. The Morgan fingerprint density at radius 1 is 1.62 bits per heavy atom. The maximum absolute atomic E-state index is 9.63. The Hall–Kier alpha value is -0.380. The summed E-state index contributed by atoms with van der Waals surface area (Å²) in [5.41, 5.74) is 0.530. The van der Waals surface area contributed by atoms with Crippen LogP contribution in [0.1, 0.15) is 27.2 Å². The second-order valence-electron chi connectivity index (χ2n) is 4.09. The highest BCUT2D eigenvalue weighted by Gasteiger charge is 2.40. The summed E-state index contributed by atoms with van der Waals surface area (Å²) in [5, 5.41) is 18.3. The van der Waals surface area contributed by atoms with E-state index in [1.54, 1.807) is 6.08 Å². The van der Waals surface area contributed by atoms with Crippen molar-refractivity contribution in [2.24, 2.45) is 0 Å². The number of rotatable bonds is 2. The SMILES string of the molecule is C/C(=C\CO)C1C[C@@H](O)C(C)(C)O1. The first-order valence-electron chi connectivity index (χ1n) is 4.61. The Kier molecular flexibility index (Phi) is 3.11. The van der Waals surface area contributed by atoms with Crippen molar-refractivity contribution in [3.05, 3.63) is 11.6 Å². The van der Waals surface area contributed by atoms with Gasteiger partial charge in [-0.1, -0.05) is 6.08 Å². The Morgan fingerprint density at radius 2 is 2.23 bits per heavy atom. The molecule has 3 nitrogen and oxygen atoms in total. The molecule has 76 valence electrons. The molecule has 0 aromatic rings. The van der Waals surface area contributed by atoms with Crippen molar-refractivity contribution in [2.45, 2.75) is 45.0 Å². The Morgan fingerprint density at radius 3 is 2.62 bits per heavy atom. The molecular weight excluding hydrogens is 168 g/mol. The lowest BCUT2D eigenvalue weighted by Crippen LogP contribution is -2.31. The molecule has 0 spiro atoms. The Bertz CT molecular complexity index is 208. The molecule has 1 heterocycles. The van der Waals surface area contributed by atoms with Crippen LogP contribution < -0.4 is 0 Å². The molecule has 2 N–H and O–H groups in total. The van der Waals surface area contributed by atoms with Gasteiger partial charge in [-0.05, 0) is 26.3 Å². The molecule has 1 aliphatic heterocycles. The summed E-state index contributed by atoms with van der Waals surface area (Å²) in [6.07, 6.45) is 1.88. The van der Waals surface area contributed by atoms with Crippen LogP contribution in [0.25, 0.3) is 0 Å². The van der Waals surface area contributed by atoms with Crippen molar-refractivity contribution < 1.29 is 14.9 Å². The quantitative estimate of drug-likeness (QED) is 0.629. The van der Waals surface area contributed by atoms with Crippen LogP contribution in [0.3, 0.4) is 0 Å². The summed E-state index contributed by atoms with van der Waals surface area (Å²) >= 11 is 0. The molecule has 2 atom stereocenters. The van der Waals surface area contributed by atoms with Gasteiger partial charge < -0.3 is 14.9 Å². The molecule has 0 amide bonds. The van der Waals surface area contributed by atoms with Crippen LogP contribution in [0, 0.1) is 0 Å². The maximum atomic E-state index is 9.63. The topological polar surface area (TPSA) is 49.7 Å². The summed E-state index contributed by atoms with van der Waals surface area (Å²) in [6.45, 7) is 5.70. The second kappa shape index (κ2) is 3.78. The van der Waals surface area contributed by atoms with E-state index in [1.807, 2.05) is 20.8 Å². The average Bonchev–Trinajstić information content (AvgIpc) is 2.27. The van der Waals surface area contributed by atoms with Gasteiger partial charge in [0.05, 0.1) is 24.4 Å². The van der Waals surface area contributed by atoms with Crippen LogP contribution in [-0.2, 0) is 4.74 Å². The van der Waals surface area contributed by atoms with E-state index in [-0.39, 0.29) is 12.7 Å². The Balaban J connectivity index is 2.63. The fraction of sp³-hybridized carbons (Fsp3) is 0.800. The number of hydrogen-bond donors (Lipinski definition) is 2. The predicted octanol–water partition coefficient (Wildman–Crippen LogP) is 0.853. The van der Waals surface area contributed by atoms with Crippen LogP contribution in [0.4, 0.5) is 0 Å². The molecule has 0 bridgehead atoms. The van der Waals surface area contributed by atoms with E-state index >= 15 is 0 Å². The molecule has 0 aromatic heterocycles. The van der Waals surface area contributed by atoms with E-state index in [0.29, 0.717) is 6.42 Å².